The van der Waals surface area contributed by atoms with Gasteiger partial charge in [0, 0.05) is 42.4 Å². The average Bonchev–Trinajstić information content (AvgIpc) is 3.47. The maximum atomic E-state index is 13.4. The zero-order valence-corrected chi connectivity index (χ0v) is 26.1. The molecule has 2 heterocycles. The smallest absolute Gasteiger partial charge is 0.309 e. The third-order valence-electron chi connectivity index (χ3n) is 7.82. The fourth-order valence-corrected chi connectivity index (χ4v) is 5.31. The molecular weight excluding hydrogens is 556 g/mol. The van der Waals surface area contributed by atoms with E-state index < -0.39 is 0 Å². The molecule has 0 atom stereocenters. The van der Waals surface area contributed by atoms with Crippen LogP contribution in [0.1, 0.15) is 43.2 Å². The quantitative estimate of drug-likeness (QED) is 0.165. The van der Waals surface area contributed by atoms with Crippen LogP contribution in [0.4, 0.5) is 16.3 Å². The molecular formula is C38H38N6O. The Bertz CT molecular complexity index is 1920. The van der Waals surface area contributed by atoms with Crippen LogP contribution in [0.5, 0.6) is 0 Å². The summed E-state index contributed by atoms with van der Waals surface area (Å²) in [6, 6.07) is 34.6. The highest BCUT2D eigenvalue weighted by molar-refractivity contribution is 6.09. The molecule has 6 aromatic rings. The number of hydrogen-bond donors (Lipinski definition) is 3. The molecule has 6 rings (SSSR count). The van der Waals surface area contributed by atoms with E-state index in [9.17, 15) is 4.79 Å². The summed E-state index contributed by atoms with van der Waals surface area (Å²) in [4.78, 5) is 17.6. The number of pyridine rings is 1. The number of aromatic nitrogens is 3. The van der Waals surface area contributed by atoms with Crippen LogP contribution in [0.15, 0.2) is 116 Å². The van der Waals surface area contributed by atoms with Gasteiger partial charge >= 0.3 is 6.03 Å². The SMILES string of the molecule is Cc1ccc(-n2nc(C(C)(C)C)cc2NC(=O)Nc2ccc(-c3ccc(CNCc4cccnc4)cc3)c3ccccc23)cc1. The molecule has 0 aliphatic rings. The lowest BCUT2D eigenvalue weighted by atomic mass is 9.92. The molecule has 0 spiro atoms. The van der Waals surface area contributed by atoms with E-state index >= 15 is 0 Å². The molecule has 0 unspecified atom stereocenters. The third-order valence-corrected chi connectivity index (χ3v) is 7.82. The standard InChI is InChI=1S/C38H38N6O/c1-26-11-17-30(18-12-26)44-36(22-35(43-44)38(2,3)4)42-37(45)41-34-20-19-31(32-9-5-6-10-33(32)34)29-15-13-27(14-16-29)23-40-25-28-8-7-21-39-24-28/h5-22,24,40H,23,25H2,1-4H3,(H2,41,42,45). The highest BCUT2D eigenvalue weighted by atomic mass is 16.2. The predicted molar refractivity (Wildman–Crippen MR) is 184 cm³/mol. The minimum absolute atomic E-state index is 0.177. The van der Waals surface area contributed by atoms with E-state index in [1.807, 2.05) is 66.9 Å². The molecule has 2 amide bonds. The second-order valence-electron chi connectivity index (χ2n) is 12.4. The summed E-state index contributed by atoms with van der Waals surface area (Å²) in [6.45, 7) is 9.93. The Labute approximate surface area is 264 Å². The highest BCUT2D eigenvalue weighted by Gasteiger charge is 2.22. The van der Waals surface area contributed by atoms with Gasteiger partial charge in [-0.15, -0.1) is 0 Å². The number of rotatable bonds is 8. The highest BCUT2D eigenvalue weighted by Crippen LogP contribution is 2.34. The summed E-state index contributed by atoms with van der Waals surface area (Å²) in [6.07, 6.45) is 3.67. The molecule has 0 saturated carbocycles. The Morgan fingerprint density at radius 3 is 2.22 bits per heavy atom. The molecule has 226 valence electrons. The van der Waals surface area contributed by atoms with Crippen molar-refractivity contribution < 1.29 is 4.79 Å². The maximum absolute atomic E-state index is 13.4. The van der Waals surface area contributed by atoms with Crippen molar-refractivity contribution in [1.29, 1.82) is 0 Å². The van der Waals surface area contributed by atoms with Crippen LogP contribution in [-0.2, 0) is 18.5 Å². The minimum Gasteiger partial charge on any atom is -0.309 e. The first-order chi connectivity index (χ1) is 21.7. The molecule has 0 radical (unpaired) electrons. The van der Waals surface area contributed by atoms with Crippen LogP contribution < -0.4 is 16.0 Å². The topological polar surface area (TPSA) is 83.9 Å². The van der Waals surface area contributed by atoms with Crippen LogP contribution >= 0.6 is 0 Å². The molecule has 7 heteroatoms. The van der Waals surface area contributed by atoms with Gasteiger partial charge in [0.1, 0.15) is 5.82 Å². The Morgan fingerprint density at radius 1 is 0.778 bits per heavy atom. The summed E-state index contributed by atoms with van der Waals surface area (Å²) >= 11 is 0. The first-order valence-electron chi connectivity index (χ1n) is 15.2. The van der Waals surface area contributed by atoms with E-state index in [-0.39, 0.29) is 11.4 Å². The Morgan fingerprint density at radius 2 is 1.51 bits per heavy atom. The lowest BCUT2D eigenvalue weighted by molar-refractivity contribution is 0.262. The van der Waals surface area contributed by atoms with Crippen molar-refractivity contribution in [2.75, 3.05) is 10.6 Å². The normalized spacial score (nSPS) is 11.5. The van der Waals surface area contributed by atoms with E-state index in [0.717, 1.165) is 63.2 Å². The number of nitrogens with one attached hydrogen (secondary N) is 3. The van der Waals surface area contributed by atoms with Gasteiger partial charge in [-0.2, -0.15) is 5.10 Å². The van der Waals surface area contributed by atoms with Gasteiger partial charge in [-0.3, -0.25) is 10.3 Å². The Kier molecular flexibility index (Phi) is 8.45. The average molecular weight is 595 g/mol. The van der Waals surface area contributed by atoms with Gasteiger partial charge in [-0.1, -0.05) is 99.1 Å². The van der Waals surface area contributed by atoms with Crippen molar-refractivity contribution in [3.8, 4) is 16.8 Å². The van der Waals surface area contributed by atoms with Crippen LogP contribution in [0.3, 0.4) is 0 Å². The molecule has 4 aromatic carbocycles. The maximum Gasteiger partial charge on any atom is 0.324 e. The van der Waals surface area contributed by atoms with Gasteiger partial charge in [-0.05, 0) is 58.8 Å². The first kappa shape index (κ1) is 29.8. The Hall–Kier alpha value is -5.27. The van der Waals surface area contributed by atoms with Crippen molar-refractivity contribution in [2.24, 2.45) is 0 Å². The van der Waals surface area contributed by atoms with Gasteiger partial charge in [0.25, 0.3) is 0 Å². The summed E-state index contributed by atoms with van der Waals surface area (Å²) in [5, 5.41) is 16.5. The minimum atomic E-state index is -0.329. The van der Waals surface area contributed by atoms with E-state index in [0.29, 0.717) is 5.82 Å². The monoisotopic (exact) mass is 594 g/mol. The molecule has 3 N–H and O–H groups in total. The number of anilines is 2. The molecule has 0 fully saturated rings. The third kappa shape index (κ3) is 6.95. The number of fused-ring (bicyclic) bond motifs is 1. The molecule has 7 nitrogen and oxygen atoms in total. The van der Waals surface area contributed by atoms with Crippen molar-refractivity contribution in [3.63, 3.8) is 0 Å². The fraction of sp³-hybridized carbons (Fsp3) is 0.184. The van der Waals surface area contributed by atoms with E-state index in [2.05, 4.69) is 91.1 Å². The summed E-state index contributed by atoms with van der Waals surface area (Å²) in [5.41, 5.74) is 8.10. The number of hydrogen-bond acceptors (Lipinski definition) is 4. The van der Waals surface area contributed by atoms with Crippen LogP contribution in [0, 0.1) is 6.92 Å². The van der Waals surface area contributed by atoms with Crippen LogP contribution in [0.25, 0.3) is 27.6 Å². The number of urea groups is 1. The number of aryl methyl sites for hydroxylation is 1. The number of amides is 2. The van der Waals surface area contributed by atoms with Gasteiger partial charge in [-0.25, -0.2) is 9.48 Å². The van der Waals surface area contributed by atoms with E-state index in [1.54, 1.807) is 10.9 Å². The van der Waals surface area contributed by atoms with Gasteiger partial charge in [0.05, 0.1) is 17.1 Å². The largest absolute Gasteiger partial charge is 0.324 e. The van der Waals surface area contributed by atoms with Crippen LogP contribution in [-0.4, -0.2) is 20.8 Å². The summed E-state index contributed by atoms with van der Waals surface area (Å²) in [7, 11) is 0. The molecule has 0 bridgehead atoms. The lowest BCUT2D eigenvalue weighted by Crippen LogP contribution is -2.21. The van der Waals surface area contributed by atoms with Crippen molar-refractivity contribution in [1.82, 2.24) is 20.1 Å². The molecule has 0 aliphatic heterocycles. The Balaban J connectivity index is 1.20. The fourth-order valence-electron chi connectivity index (χ4n) is 5.31. The van der Waals surface area contributed by atoms with Crippen molar-refractivity contribution in [2.45, 2.75) is 46.2 Å². The summed E-state index contributed by atoms with van der Waals surface area (Å²) in [5.74, 6) is 0.609. The number of carbonyl (C=O) groups is 1. The van der Waals surface area contributed by atoms with Gasteiger partial charge < -0.3 is 10.6 Å². The summed E-state index contributed by atoms with van der Waals surface area (Å²) < 4.78 is 1.79. The number of benzene rings is 4. The second kappa shape index (κ2) is 12.8. The number of carbonyl (C=O) groups excluding carboxylic acids is 1. The molecule has 0 aliphatic carbocycles. The number of nitrogens with zero attached hydrogens (tertiary/aromatic N) is 3. The van der Waals surface area contributed by atoms with E-state index in [1.165, 1.54) is 5.56 Å². The predicted octanol–water partition coefficient (Wildman–Crippen LogP) is 8.63. The van der Waals surface area contributed by atoms with Crippen molar-refractivity contribution in [3.05, 3.63) is 138 Å². The molecule has 45 heavy (non-hydrogen) atoms. The zero-order valence-electron chi connectivity index (χ0n) is 26.1. The zero-order chi connectivity index (χ0) is 31.4. The van der Waals surface area contributed by atoms with Gasteiger partial charge in [0.15, 0.2) is 0 Å². The first-order valence-corrected chi connectivity index (χ1v) is 15.2. The lowest BCUT2D eigenvalue weighted by Gasteiger charge is -2.14. The van der Waals surface area contributed by atoms with Crippen molar-refractivity contribution >= 4 is 28.3 Å². The van der Waals surface area contributed by atoms with Crippen LogP contribution in [0.2, 0.25) is 0 Å². The molecule has 2 aromatic heterocycles. The van der Waals surface area contributed by atoms with E-state index in [4.69, 9.17) is 5.10 Å². The van der Waals surface area contributed by atoms with Gasteiger partial charge in [0.2, 0.25) is 0 Å². The molecule has 0 saturated heterocycles. The second-order valence-corrected chi connectivity index (χ2v) is 12.4.